The van der Waals surface area contributed by atoms with E-state index >= 15 is 0 Å². The van der Waals surface area contributed by atoms with E-state index in [0.29, 0.717) is 13.1 Å². The average Bonchev–Trinajstić information content (AvgIpc) is 2.16. The van der Waals surface area contributed by atoms with Crippen LogP contribution in [-0.4, -0.2) is 59.0 Å². The molecule has 0 aromatic heterocycles. The van der Waals surface area contributed by atoms with E-state index in [4.69, 9.17) is 15.3 Å². The molecule has 94 valence electrons. The number of hydrogen-bond donors (Lipinski definition) is 5. The van der Waals surface area contributed by atoms with Crippen LogP contribution < -0.4 is 10.6 Å². The van der Waals surface area contributed by atoms with E-state index in [1.54, 1.807) is 6.92 Å². The summed E-state index contributed by atoms with van der Waals surface area (Å²) in [6.45, 7) is 2.62. The van der Waals surface area contributed by atoms with E-state index in [1.165, 1.54) is 0 Å². The van der Waals surface area contributed by atoms with Gasteiger partial charge in [-0.1, -0.05) is 0 Å². The molecule has 0 saturated heterocycles. The zero-order chi connectivity index (χ0) is 12.6. The Morgan fingerprint density at radius 1 is 1.31 bits per heavy atom. The van der Waals surface area contributed by atoms with E-state index in [1.807, 2.05) is 0 Å². The molecule has 0 aromatic carbocycles. The van der Waals surface area contributed by atoms with Gasteiger partial charge in [-0.2, -0.15) is 0 Å². The minimum Gasteiger partial charge on any atom is -0.481 e. The summed E-state index contributed by atoms with van der Waals surface area (Å²) in [7, 11) is 0. The van der Waals surface area contributed by atoms with Crippen LogP contribution in [0.5, 0.6) is 0 Å². The summed E-state index contributed by atoms with van der Waals surface area (Å²) in [5.41, 5.74) is 0. The molecule has 0 rings (SSSR count). The molecule has 0 aliphatic heterocycles. The number of nitrogens with one attached hydrogen (secondary N) is 2. The number of aliphatic hydroxyl groups excluding tert-OH is 1. The van der Waals surface area contributed by atoms with Crippen LogP contribution in [0.15, 0.2) is 0 Å². The molecule has 7 heteroatoms. The van der Waals surface area contributed by atoms with Crippen molar-refractivity contribution >= 4 is 11.9 Å². The Morgan fingerprint density at radius 2 is 1.94 bits per heavy atom. The standard InChI is InChI=1S/C9H18N2O5/c1-6(5-10-2-3-12)11-7(9(15)16)4-8(13)14/h6-7,10-12H,2-5H2,1H3,(H,13,14)(H,15,16). The predicted molar refractivity (Wildman–Crippen MR) is 56.2 cm³/mol. The fraction of sp³-hybridized carbons (Fsp3) is 0.778. The van der Waals surface area contributed by atoms with Crippen LogP contribution in [0.4, 0.5) is 0 Å². The van der Waals surface area contributed by atoms with Crippen molar-refractivity contribution in [2.24, 2.45) is 0 Å². The molecule has 0 fully saturated rings. The Balaban J connectivity index is 3.98. The van der Waals surface area contributed by atoms with Crippen LogP contribution >= 0.6 is 0 Å². The second-order valence-corrected chi connectivity index (χ2v) is 3.48. The van der Waals surface area contributed by atoms with Crippen molar-refractivity contribution in [3.63, 3.8) is 0 Å². The van der Waals surface area contributed by atoms with Crippen LogP contribution in [0.2, 0.25) is 0 Å². The highest BCUT2D eigenvalue weighted by Gasteiger charge is 2.22. The van der Waals surface area contributed by atoms with Crippen molar-refractivity contribution in [2.75, 3.05) is 19.7 Å². The lowest BCUT2D eigenvalue weighted by Crippen LogP contribution is -2.47. The lowest BCUT2D eigenvalue weighted by atomic mass is 10.2. The van der Waals surface area contributed by atoms with E-state index in [2.05, 4.69) is 10.6 Å². The van der Waals surface area contributed by atoms with Gasteiger partial charge in [-0.15, -0.1) is 0 Å². The van der Waals surface area contributed by atoms with Gasteiger partial charge in [0.15, 0.2) is 0 Å². The molecule has 0 amide bonds. The predicted octanol–water partition coefficient (Wildman–Crippen LogP) is -1.53. The van der Waals surface area contributed by atoms with Gasteiger partial charge in [0.25, 0.3) is 0 Å². The largest absolute Gasteiger partial charge is 0.481 e. The maximum absolute atomic E-state index is 10.7. The number of carboxylic acid groups (broad SMARTS) is 2. The van der Waals surface area contributed by atoms with Gasteiger partial charge < -0.3 is 26.0 Å². The number of aliphatic carboxylic acids is 2. The summed E-state index contributed by atoms with van der Waals surface area (Å²) < 4.78 is 0. The van der Waals surface area contributed by atoms with Crippen molar-refractivity contribution in [3.8, 4) is 0 Å². The van der Waals surface area contributed by atoms with Gasteiger partial charge in [0.05, 0.1) is 13.0 Å². The second-order valence-electron chi connectivity index (χ2n) is 3.48. The Kier molecular flexibility index (Phi) is 7.44. The third-order valence-electron chi connectivity index (χ3n) is 1.90. The molecule has 0 saturated carbocycles. The lowest BCUT2D eigenvalue weighted by molar-refractivity contribution is -0.146. The van der Waals surface area contributed by atoms with Crippen molar-refractivity contribution < 1.29 is 24.9 Å². The first-order chi connectivity index (χ1) is 7.47. The number of carbonyl (C=O) groups is 2. The Bertz CT molecular complexity index is 234. The van der Waals surface area contributed by atoms with E-state index < -0.39 is 24.4 Å². The molecular formula is C9H18N2O5. The van der Waals surface area contributed by atoms with E-state index in [0.717, 1.165) is 0 Å². The third-order valence-corrected chi connectivity index (χ3v) is 1.90. The Morgan fingerprint density at radius 3 is 2.38 bits per heavy atom. The summed E-state index contributed by atoms with van der Waals surface area (Å²) in [6.07, 6.45) is -0.459. The molecule has 0 aromatic rings. The summed E-state index contributed by atoms with van der Waals surface area (Å²) in [4.78, 5) is 21.1. The zero-order valence-electron chi connectivity index (χ0n) is 9.14. The molecule has 0 heterocycles. The molecule has 0 aliphatic rings. The second kappa shape index (κ2) is 8.03. The quantitative estimate of drug-likeness (QED) is 0.307. The maximum atomic E-state index is 10.7. The minimum absolute atomic E-state index is 0.00417. The fourth-order valence-corrected chi connectivity index (χ4v) is 1.19. The van der Waals surface area contributed by atoms with E-state index in [-0.39, 0.29) is 12.6 Å². The van der Waals surface area contributed by atoms with Crippen molar-refractivity contribution in [3.05, 3.63) is 0 Å². The van der Waals surface area contributed by atoms with Crippen LogP contribution in [0.25, 0.3) is 0 Å². The van der Waals surface area contributed by atoms with E-state index in [9.17, 15) is 9.59 Å². The lowest BCUT2D eigenvalue weighted by Gasteiger charge is -2.19. The average molecular weight is 234 g/mol. The molecule has 7 nitrogen and oxygen atoms in total. The van der Waals surface area contributed by atoms with Crippen molar-refractivity contribution in [1.82, 2.24) is 10.6 Å². The normalized spacial score (nSPS) is 14.4. The third kappa shape index (κ3) is 7.16. The van der Waals surface area contributed by atoms with Gasteiger partial charge >= 0.3 is 11.9 Å². The first-order valence-electron chi connectivity index (χ1n) is 4.99. The van der Waals surface area contributed by atoms with Crippen LogP contribution in [-0.2, 0) is 9.59 Å². The number of aliphatic hydroxyl groups is 1. The molecule has 0 aliphatic carbocycles. The molecule has 0 bridgehead atoms. The molecule has 2 unspecified atom stereocenters. The SMILES string of the molecule is CC(CNCCO)NC(CC(=O)O)C(=O)O. The monoisotopic (exact) mass is 234 g/mol. The minimum atomic E-state index is -1.18. The highest BCUT2D eigenvalue weighted by atomic mass is 16.4. The molecular weight excluding hydrogens is 216 g/mol. The van der Waals surface area contributed by atoms with Gasteiger partial charge in [0, 0.05) is 19.1 Å². The summed E-state index contributed by atoms with van der Waals surface area (Å²) >= 11 is 0. The Hall–Kier alpha value is -1.18. The van der Waals surface area contributed by atoms with Gasteiger partial charge in [-0.3, -0.25) is 9.59 Å². The van der Waals surface area contributed by atoms with Crippen molar-refractivity contribution in [2.45, 2.75) is 25.4 Å². The highest BCUT2D eigenvalue weighted by Crippen LogP contribution is 1.95. The van der Waals surface area contributed by atoms with Crippen LogP contribution in [0.3, 0.4) is 0 Å². The number of rotatable bonds is 9. The van der Waals surface area contributed by atoms with Crippen LogP contribution in [0.1, 0.15) is 13.3 Å². The fourth-order valence-electron chi connectivity index (χ4n) is 1.19. The molecule has 0 spiro atoms. The topological polar surface area (TPSA) is 119 Å². The van der Waals surface area contributed by atoms with Gasteiger partial charge in [0.1, 0.15) is 6.04 Å². The summed E-state index contributed by atoms with van der Waals surface area (Å²) in [5.74, 6) is -2.34. The first-order valence-corrected chi connectivity index (χ1v) is 4.99. The number of hydrogen-bond acceptors (Lipinski definition) is 5. The molecule has 2 atom stereocenters. The molecule has 16 heavy (non-hydrogen) atoms. The van der Waals surface area contributed by atoms with Gasteiger partial charge in [-0.05, 0) is 6.92 Å². The molecule has 0 radical (unpaired) electrons. The smallest absolute Gasteiger partial charge is 0.321 e. The summed E-state index contributed by atoms with van der Waals surface area (Å²) in [5, 5.41) is 31.3. The maximum Gasteiger partial charge on any atom is 0.321 e. The Labute approximate surface area is 93.5 Å². The van der Waals surface area contributed by atoms with Crippen molar-refractivity contribution in [1.29, 1.82) is 0 Å². The van der Waals surface area contributed by atoms with Gasteiger partial charge in [0.2, 0.25) is 0 Å². The zero-order valence-corrected chi connectivity index (χ0v) is 9.14. The highest BCUT2D eigenvalue weighted by molar-refractivity contribution is 5.80. The van der Waals surface area contributed by atoms with Crippen LogP contribution in [0, 0.1) is 0 Å². The summed E-state index contributed by atoms with van der Waals surface area (Å²) in [6, 6.07) is -1.28. The van der Waals surface area contributed by atoms with Gasteiger partial charge in [-0.25, -0.2) is 0 Å². The first kappa shape index (κ1) is 14.8. The number of carboxylic acids is 2. The molecule has 5 N–H and O–H groups in total.